The van der Waals surface area contributed by atoms with Gasteiger partial charge >= 0.3 is 0 Å². The van der Waals surface area contributed by atoms with E-state index in [-0.39, 0.29) is 5.91 Å². The molecular weight excluding hydrogens is 296 g/mol. The van der Waals surface area contributed by atoms with Gasteiger partial charge in [-0.25, -0.2) is 0 Å². The summed E-state index contributed by atoms with van der Waals surface area (Å²) >= 11 is 1.54. The highest BCUT2D eigenvalue weighted by Gasteiger charge is 2.14. The van der Waals surface area contributed by atoms with E-state index in [9.17, 15) is 4.79 Å². The molecule has 0 aliphatic heterocycles. The maximum atomic E-state index is 12.0. The zero-order valence-corrected chi connectivity index (χ0v) is 13.2. The van der Waals surface area contributed by atoms with Crippen LogP contribution in [0, 0.1) is 5.92 Å². The predicted octanol–water partition coefficient (Wildman–Crippen LogP) is 3.26. The summed E-state index contributed by atoms with van der Waals surface area (Å²) in [5.41, 5.74) is 0.828. The van der Waals surface area contributed by atoms with Gasteiger partial charge in [-0.15, -0.1) is 10.2 Å². The Morgan fingerprint density at radius 2 is 2.23 bits per heavy atom. The number of aromatic nitrogens is 3. The highest BCUT2D eigenvalue weighted by atomic mass is 32.2. The molecule has 1 aromatic carbocycles. The molecule has 1 aliphatic carbocycles. The molecule has 1 atom stereocenters. The molecule has 1 aliphatic rings. The van der Waals surface area contributed by atoms with Gasteiger partial charge in [0.1, 0.15) is 6.33 Å². The lowest BCUT2D eigenvalue weighted by atomic mass is 10.1. The number of carbonyl (C=O) groups excluding carboxylic acids is 1. The minimum Gasteiger partial charge on any atom is -0.326 e. The van der Waals surface area contributed by atoms with Crippen LogP contribution in [0.4, 0.5) is 5.69 Å². The second-order valence-corrected chi connectivity index (χ2v) is 6.41. The van der Waals surface area contributed by atoms with Gasteiger partial charge in [-0.2, -0.15) is 0 Å². The van der Waals surface area contributed by atoms with Crippen molar-refractivity contribution < 1.29 is 4.79 Å². The van der Waals surface area contributed by atoms with Crippen molar-refractivity contribution in [3.8, 4) is 0 Å². The number of carbonyl (C=O) groups is 1. The summed E-state index contributed by atoms with van der Waals surface area (Å²) in [5, 5.41) is 11.7. The third-order valence-corrected chi connectivity index (χ3v) is 4.64. The highest BCUT2D eigenvalue weighted by Crippen LogP contribution is 2.26. The van der Waals surface area contributed by atoms with E-state index in [0.717, 1.165) is 28.6 Å². The van der Waals surface area contributed by atoms with Crippen LogP contribution in [0.25, 0.3) is 0 Å². The molecule has 1 unspecified atom stereocenters. The third kappa shape index (κ3) is 3.76. The van der Waals surface area contributed by atoms with Crippen LogP contribution >= 0.6 is 11.8 Å². The lowest BCUT2D eigenvalue weighted by Crippen LogP contribution is -2.14. The molecule has 5 nitrogen and oxygen atoms in total. The summed E-state index contributed by atoms with van der Waals surface area (Å²) < 4.78 is 1.87. The molecule has 1 amide bonds. The number of nitrogens with zero attached hydrogens (tertiary/aromatic N) is 3. The Bertz CT molecular complexity index is 678. The molecule has 0 bridgehead atoms. The van der Waals surface area contributed by atoms with Crippen molar-refractivity contribution >= 4 is 23.4 Å². The molecule has 1 N–H and O–H groups in total. The molecule has 6 heteroatoms. The van der Waals surface area contributed by atoms with Crippen molar-refractivity contribution in [1.82, 2.24) is 14.8 Å². The lowest BCUT2D eigenvalue weighted by molar-refractivity contribution is -0.116. The zero-order chi connectivity index (χ0) is 15.4. The van der Waals surface area contributed by atoms with Gasteiger partial charge in [0.2, 0.25) is 5.91 Å². The second-order valence-electron chi connectivity index (χ2n) is 5.37. The summed E-state index contributed by atoms with van der Waals surface area (Å²) in [7, 11) is 1.91. The third-order valence-electron chi connectivity index (χ3n) is 3.58. The number of amides is 1. The number of anilines is 1. The normalized spacial score (nSPS) is 16.9. The van der Waals surface area contributed by atoms with Crippen molar-refractivity contribution in [3.05, 3.63) is 42.7 Å². The fourth-order valence-electron chi connectivity index (χ4n) is 2.39. The molecule has 0 saturated carbocycles. The maximum Gasteiger partial charge on any atom is 0.224 e. The van der Waals surface area contributed by atoms with Crippen LogP contribution in [0.1, 0.15) is 19.3 Å². The van der Waals surface area contributed by atoms with Gasteiger partial charge in [0.05, 0.1) is 0 Å². The fraction of sp³-hybridized carbons (Fsp3) is 0.312. The van der Waals surface area contributed by atoms with E-state index < -0.39 is 0 Å². The Kier molecular flexibility index (Phi) is 4.58. The van der Waals surface area contributed by atoms with Crippen molar-refractivity contribution in [3.63, 3.8) is 0 Å². The minimum atomic E-state index is 0.0743. The SMILES string of the molecule is Cn1cnnc1Sc1ccc(NC(=O)CC2C=CCC2)cc1. The smallest absolute Gasteiger partial charge is 0.224 e. The average molecular weight is 314 g/mol. The molecule has 0 saturated heterocycles. The first-order valence-electron chi connectivity index (χ1n) is 7.29. The Balaban J connectivity index is 1.56. The number of nitrogens with one attached hydrogen (secondary N) is 1. The number of hydrogen-bond acceptors (Lipinski definition) is 4. The average Bonchev–Trinajstić information content (AvgIpc) is 3.14. The van der Waals surface area contributed by atoms with Crippen molar-refractivity contribution in [1.29, 1.82) is 0 Å². The predicted molar refractivity (Wildman–Crippen MR) is 86.7 cm³/mol. The van der Waals surface area contributed by atoms with Crippen LogP contribution in [-0.4, -0.2) is 20.7 Å². The highest BCUT2D eigenvalue weighted by molar-refractivity contribution is 7.99. The van der Waals surface area contributed by atoms with Gasteiger partial charge in [0.25, 0.3) is 0 Å². The fourth-order valence-corrected chi connectivity index (χ4v) is 3.15. The largest absolute Gasteiger partial charge is 0.326 e. The van der Waals surface area contributed by atoms with Gasteiger partial charge in [-0.3, -0.25) is 4.79 Å². The first-order valence-corrected chi connectivity index (χ1v) is 8.11. The molecule has 2 aromatic rings. The van der Waals surface area contributed by atoms with E-state index in [0.29, 0.717) is 12.3 Å². The number of benzene rings is 1. The van der Waals surface area contributed by atoms with Gasteiger partial charge in [0, 0.05) is 24.1 Å². The minimum absolute atomic E-state index is 0.0743. The number of allylic oxidation sites excluding steroid dienone is 2. The van der Waals surface area contributed by atoms with Crippen LogP contribution < -0.4 is 5.32 Å². The van der Waals surface area contributed by atoms with E-state index in [4.69, 9.17) is 0 Å². The van der Waals surface area contributed by atoms with Gasteiger partial charge in [0.15, 0.2) is 5.16 Å². The molecule has 1 heterocycles. The van der Waals surface area contributed by atoms with Gasteiger partial charge < -0.3 is 9.88 Å². The number of aryl methyl sites for hydroxylation is 1. The van der Waals surface area contributed by atoms with E-state index in [1.54, 1.807) is 18.1 Å². The number of hydrogen-bond donors (Lipinski definition) is 1. The second kappa shape index (κ2) is 6.79. The monoisotopic (exact) mass is 314 g/mol. The molecule has 1 aromatic heterocycles. The van der Waals surface area contributed by atoms with E-state index >= 15 is 0 Å². The summed E-state index contributed by atoms with van der Waals surface area (Å²) in [4.78, 5) is 13.0. The van der Waals surface area contributed by atoms with Gasteiger partial charge in [-0.05, 0) is 54.8 Å². The first-order chi connectivity index (χ1) is 10.7. The topological polar surface area (TPSA) is 59.8 Å². The maximum absolute atomic E-state index is 12.0. The summed E-state index contributed by atoms with van der Waals surface area (Å²) in [6, 6.07) is 7.79. The summed E-state index contributed by atoms with van der Waals surface area (Å²) in [6.45, 7) is 0. The van der Waals surface area contributed by atoms with Crippen molar-refractivity contribution in [2.75, 3.05) is 5.32 Å². The molecule has 114 valence electrons. The van der Waals surface area contributed by atoms with Crippen LogP contribution in [0.5, 0.6) is 0 Å². The number of rotatable bonds is 5. The van der Waals surface area contributed by atoms with Crippen molar-refractivity contribution in [2.45, 2.75) is 29.3 Å². The summed E-state index contributed by atoms with van der Waals surface area (Å²) in [6.07, 6.45) is 8.70. The molecule has 0 fully saturated rings. The molecule has 0 radical (unpaired) electrons. The Labute approximate surface area is 133 Å². The molecule has 0 spiro atoms. The standard InChI is InChI=1S/C16H18N4OS/c1-20-11-17-19-16(20)22-14-8-6-13(7-9-14)18-15(21)10-12-4-2-3-5-12/h2,4,6-9,11-12H,3,5,10H2,1H3,(H,18,21). The zero-order valence-electron chi connectivity index (χ0n) is 12.4. The Hall–Kier alpha value is -2.08. The molecule has 3 rings (SSSR count). The van der Waals surface area contributed by atoms with Crippen LogP contribution in [0.2, 0.25) is 0 Å². The first kappa shape index (κ1) is 14.8. The van der Waals surface area contributed by atoms with E-state index in [1.165, 1.54) is 0 Å². The van der Waals surface area contributed by atoms with E-state index in [2.05, 4.69) is 27.7 Å². The van der Waals surface area contributed by atoms with Crippen LogP contribution in [0.15, 0.2) is 52.8 Å². The Morgan fingerprint density at radius 3 is 2.86 bits per heavy atom. The van der Waals surface area contributed by atoms with E-state index in [1.807, 2.05) is 35.9 Å². The molecule has 22 heavy (non-hydrogen) atoms. The lowest BCUT2D eigenvalue weighted by Gasteiger charge is -2.09. The quantitative estimate of drug-likeness (QED) is 0.861. The molecular formula is C16H18N4OS. The Morgan fingerprint density at radius 1 is 1.41 bits per heavy atom. The van der Waals surface area contributed by atoms with Gasteiger partial charge in [-0.1, -0.05) is 12.2 Å². The summed E-state index contributed by atoms with van der Waals surface area (Å²) in [5.74, 6) is 0.469. The van der Waals surface area contributed by atoms with Crippen LogP contribution in [-0.2, 0) is 11.8 Å². The van der Waals surface area contributed by atoms with Crippen molar-refractivity contribution in [2.24, 2.45) is 13.0 Å². The van der Waals surface area contributed by atoms with Crippen LogP contribution in [0.3, 0.4) is 0 Å².